The lowest BCUT2D eigenvalue weighted by molar-refractivity contribution is -0.135. The number of carbonyl (C=O) groups excluding carboxylic acids is 2. The van der Waals surface area contributed by atoms with Gasteiger partial charge < -0.3 is 10.2 Å². The second-order valence-electron chi connectivity index (χ2n) is 8.20. The fourth-order valence-corrected chi connectivity index (χ4v) is 4.18. The van der Waals surface area contributed by atoms with Crippen molar-refractivity contribution in [2.75, 3.05) is 13.1 Å². The zero-order chi connectivity index (χ0) is 20.9. The maximum Gasteiger partial charge on any atom is 0.227 e. The molecule has 0 aromatic heterocycles. The van der Waals surface area contributed by atoms with E-state index in [1.54, 1.807) is 0 Å². The van der Waals surface area contributed by atoms with E-state index < -0.39 is 0 Å². The number of benzene rings is 3. The van der Waals surface area contributed by atoms with Crippen molar-refractivity contribution >= 4 is 22.6 Å². The Kier molecular flexibility index (Phi) is 6.12. The maximum atomic E-state index is 13.0. The monoisotopic (exact) mass is 400 g/mol. The van der Waals surface area contributed by atoms with Crippen LogP contribution < -0.4 is 5.32 Å². The van der Waals surface area contributed by atoms with Crippen molar-refractivity contribution in [3.63, 3.8) is 0 Å². The van der Waals surface area contributed by atoms with Gasteiger partial charge in [0.05, 0.1) is 12.3 Å². The van der Waals surface area contributed by atoms with E-state index in [-0.39, 0.29) is 17.7 Å². The predicted molar refractivity (Wildman–Crippen MR) is 120 cm³/mol. The summed E-state index contributed by atoms with van der Waals surface area (Å²) in [6, 6.07) is 22.4. The summed E-state index contributed by atoms with van der Waals surface area (Å²) in [7, 11) is 0. The first-order valence-corrected chi connectivity index (χ1v) is 10.7. The first-order chi connectivity index (χ1) is 14.6. The van der Waals surface area contributed by atoms with Crippen LogP contribution in [0.1, 0.15) is 29.5 Å². The summed E-state index contributed by atoms with van der Waals surface area (Å²) in [6.07, 6.45) is 2.07. The molecule has 0 radical (unpaired) electrons. The molecule has 1 heterocycles. The van der Waals surface area contributed by atoms with Crippen LogP contribution in [0.5, 0.6) is 0 Å². The van der Waals surface area contributed by atoms with Gasteiger partial charge >= 0.3 is 0 Å². The predicted octanol–water partition coefficient (Wildman–Crippen LogP) is 4.25. The van der Waals surface area contributed by atoms with Gasteiger partial charge in [0.25, 0.3) is 0 Å². The quantitative estimate of drug-likeness (QED) is 0.696. The lowest BCUT2D eigenvalue weighted by Crippen LogP contribution is -2.45. The Labute approximate surface area is 177 Å². The number of nitrogens with zero attached hydrogens (tertiary/aromatic N) is 1. The summed E-state index contributed by atoms with van der Waals surface area (Å²) in [5.74, 6) is 0.00119. The van der Waals surface area contributed by atoms with Crippen LogP contribution in [0, 0.1) is 12.8 Å². The SMILES string of the molecule is Cc1ccc(CNC(=O)[C@@H]2CCCN(C(=O)Cc3cccc4ccccc34)C2)cc1. The van der Waals surface area contributed by atoms with Gasteiger partial charge in [-0.05, 0) is 41.7 Å². The molecule has 1 atom stereocenters. The van der Waals surface area contributed by atoms with Crippen LogP contribution in [0.25, 0.3) is 10.8 Å². The van der Waals surface area contributed by atoms with Gasteiger partial charge in [0.15, 0.2) is 0 Å². The number of piperidine rings is 1. The molecule has 1 aliphatic heterocycles. The number of hydrogen-bond acceptors (Lipinski definition) is 2. The van der Waals surface area contributed by atoms with Crippen LogP contribution >= 0.6 is 0 Å². The number of amides is 2. The minimum absolute atomic E-state index is 0.0400. The van der Waals surface area contributed by atoms with Crippen LogP contribution in [0.4, 0.5) is 0 Å². The van der Waals surface area contributed by atoms with Crippen molar-refractivity contribution in [1.29, 1.82) is 0 Å². The average Bonchev–Trinajstić information content (AvgIpc) is 2.79. The molecule has 2 amide bonds. The first kappa shape index (κ1) is 20.1. The number of nitrogens with one attached hydrogen (secondary N) is 1. The van der Waals surface area contributed by atoms with E-state index in [1.807, 2.05) is 48.2 Å². The van der Waals surface area contributed by atoms with Crippen molar-refractivity contribution in [2.24, 2.45) is 5.92 Å². The molecule has 1 aliphatic rings. The Morgan fingerprint density at radius 1 is 1.00 bits per heavy atom. The fraction of sp³-hybridized carbons (Fsp3) is 0.308. The van der Waals surface area contributed by atoms with Gasteiger partial charge in [-0.25, -0.2) is 0 Å². The number of rotatable bonds is 5. The van der Waals surface area contributed by atoms with E-state index in [1.165, 1.54) is 5.56 Å². The summed E-state index contributed by atoms with van der Waals surface area (Å²) in [5.41, 5.74) is 3.34. The molecule has 0 aliphatic carbocycles. The van der Waals surface area contributed by atoms with Crippen molar-refractivity contribution in [3.05, 3.63) is 83.4 Å². The van der Waals surface area contributed by atoms with E-state index in [2.05, 4.69) is 35.6 Å². The summed E-state index contributed by atoms with van der Waals surface area (Å²) >= 11 is 0. The van der Waals surface area contributed by atoms with Crippen molar-refractivity contribution < 1.29 is 9.59 Å². The minimum atomic E-state index is -0.138. The smallest absolute Gasteiger partial charge is 0.227 e. The largest absolute Gasteiger partial charge is 0.352 e. The molecule has 3 aromatic rings. The number of carbonyl (C=O) groups is 2. The third kappa shape index (κ3) is 4.70. The molecule has 4 rings (SSSR count). The van der Waals surface area contributed by atoms with E-state index in [4.69, 9.17) is 0 Å². The minimum Gasteiger partial charge on any atom is -0.352 e. The second kappa shape index (κ2) is 9.12. The molecule has 1 saturated heterocycles. The van der Waals surface area contributed by atoms with Gasteiger partial charge in [-0.2, -0.15) is 0 Å². The van der Waals surface area contributed by atoms with E-state index in [0.29, 0.717) is 19.5 Å². The van der Waals surface area contributed by atoms with Crippen LogP contribution in [0.15, 0.2) is 66.7 Å². The Morgan fingerprint density at radius 2 is 1.77 bits per heavy atom. The average molecular weight is 401 g/mol. The molecule has 3 aromatic carbocycles. The first-order valence-electron chi connectivity index (χ1n) is 10.7. The third-order valence-corrected chi connectivity index (χ3v) is 5.95. The van der Waals surface area contributed by atoms with Crippen LogP contribution in [-0.2, 0) is 22.6 Å². The molecular weight excluding hydrogens is 372 g/mol. The van der Waals surface area contributed by atoms with Crippen LogP contribution in [-0.4, -0.2) is 29.8 Å². The summed E-state index contributed by atoms with van der Waals surface area (Å²) in [5, 5.41) is 5.32. The zero-order valence-corrected chi connectivity index (χ0v) is 17.4. The molecule has 0 spiro atoms. The molecule has 154 valence electrons. The Balaban J connectivity index is 1.36. The molecule has 1 fully saturated rings. The Morgan fingerprint density at radius 3 is 2.60 bits per heavy atom. The highest BCUT2D eigenvalue weighted by atomic mass is 16.2. The van der Waals surface area contributed by atoms with Gasteiger partial charge in [-0.3, -0.25) is 9.59 Å². The maximum absolute atomic E-state index is 13.0. The van der Waals surface area contributed by atoms with Gasteiger partial charge in [0.1, 0.15) is 0 Å². The van der Waals surface area contributed by atoms with Crippen molar-refractivity contribution in [1.82, 2.24) is 10.2 Å². The van der Waals surface area contributed by atoms with Crippen LogP contribution in [0.3, 0.4) is 0 Å². The lowest BCUT2D eigenvalue weighted by Gasteiger charge is -2.32. The molecule has 30 heavy (non-hydrogen) atoms. The lowest BCUT2D eigenvalue weighted by atomic mass is 9.95. The van der Waals surface area contributed by atoms with Gasteiger partial charge in [0, 0.05) is 19.6 Å². The van der Waals surface area contributed by atoms with Crippen molar-refractivity contribution in [2.45, 2.75) is 32.7 Å². The summed E-state index contributed by atoms with van der Waals surface area (Å²) in [4.78, 5) is 27.5. The number of fused-ring (bicyclic) bond motifs is 1. The highest BCUT2D eigenvalue weighted by Gasteiger charge is 2.28. The molecule has 0 bridgehead atoms. The van der Waals surface area contributed by atoms with E-state index in [9.17, 15) is 9.59 Å². The molecular formula is C26H28N2O2. The molecule has 4 nitrogen and oxygen atoms in total. The summed E-state index contributed by atoms with van der Waals surface area (Å²) < 4.78 is 0. The standard InChI is InChI=1S/C26H28N2O2/c1-19-11-13-20(14-12-19)17-27-26(30)23-9-5-15-28(18-23)25(29)16-22-8-4-7-21-6-2-3-10-24(21)22/h2-4,6-8,10-14,23H,5,9,15-18H2,1H3,(H,27,30)/t23-/m1/s1. The van der Waals surface area contributed by atoms with Crippen molar-refractivity contribution in [3.8, 4) is 0 Å². The number of likely N-dealkylation sites (tertiary alicyclic amines) is 1. The molecule has 0 unspecified atom stereocenters. The topological polar surface area (TPSA) is 49.4 Å². The number of hydrogen-bond donors (Lipinski definition) is 1. The summed E-state index contributed by atoms with van der Waals surface area (Å²) in [6.45, 7) is 3.81. The molecule has 1 N–H and O–H groups in total. The zero-order valence-electron chi connectivity index (χ0n) is 17.4. The highest BCUT2D eigenvalue weighted by Crippen LogP contribution is 2.22. The number of aryl methyl sites for hydroxylation is 1. The van der Waals surface area contributed by atoms with Gasteiger partial charge in [0.2, 0.25) is 11.8 Å². The highest BCUT2D eigenvalue weighted by molar-refractivity contribution is 5.90. The fourth-order valence-electron chi connectivity index (χ4n) is 4.18. The Bertz CT molecular complexity index is 1040. The normalized spacial score (nSPS) is 16.4. The van der Waals surface area contributed by atoms with E-state index >= 15 is 0 Å². The molecule has 4 heteroatoms. The molecule has 0 saturated carbocycles. The third-order valence-electron chi connectivity index (χ3n) is 5.95. The van der Waals surface area contributed by atoms with Gasteiger partial charge in [-0.15, -0.1) is 0 Å². The second-order valence-corrected chi connectivity index (χ2v) is 8.20. The van der Waals surface area contributed by atoms with Gasteiger partial charge in [-0.1, -0.05) is 72.3 Å². The Hall–Kier alpha value is -3.14. The van der Waals surface area contributed by atoms with Crippen LogP contribution in [0.2, 0.25) is 0 Å². The van der Waals surface area contributed by atoms with E-state index in [0.717, 1.165) is 41.3 Å².